The SMILES string of the molecule is CCOC(=O)c1c2n(c3cc(Cl)cnc3c1=O)CCOC2. The van der Waals surface area contributed by atoms with Crippen LogP contribution in [-0.2, 0) is 22.6 Å². The van der Waals surface area contributed by atoms with Crippen LogP contribution in [0.1, 0.15) is 23.0 Å². The molecule has 0 unspecified atom stereocenters. The van der Waals surface area contributed by atoms with Crippen LogP contribution < -0.4 is 5.43 Å². The first-order valence-electron chi connectivity index (χ1n) is 6.59. The van der Waals surface area contributed by atoms with Crippen molar-refractivity contribution >= 4 is 28.6 Å². The fourth-order valence-electron chi connectivity index (χ4n) is 2.48. The summed E-state index contributed by atoms with van der Waals surface area (Å²) in [5, 5.41) is 0.437. The first-order chi connectivity index (χ1) is 10.1. The zero-order chi connectivity index (χ0) is 15.0. The molecule has 0 saturated heterocycles. The van der Waals surface area contributed by atoms with Crippen molar-refractivity contribution in [3.05, 3.63) is 38.8 Å². The van der Waals surface area contributed by atoms with Gasteiger partial charge in [-0.1, -0.05) is 11.6 Å². The minimum atomic E-state index is -0.643. The third-order valence-corrected chi connectivity index (χ3v) is 3.57. The number of halogens is 1. The molecule has 2 aromatic rings. The molecule has 0 amide bonds. The summed E-state index contributed by atoms with van der Waals surface area (Å²) in [7, 11) is 0. The lowest BCUT2D eigenvalue weighted by Gasteiger charge is -2.23. The average Bonchev–Trinajstić information content (AvgIpc) is 2.47. The molecule has 3 rings (SSSR count). The predicted octanol–water partition coefficient (Wildman–Crippen LogP) is 1.76. The van der Waals surface area contributed by atoms with Gasteiger partial charge < -0.3 is 14.0 Å². The van der Waals surface area contributed by atoms with Crippen molar-refractivity contribution in [2.24, 2.45) is 0 Å². The van der Waals surface area contributed by atoms with Crippen LogP contribution in [0.2, 0.25) is 5.02 Å². The molecule has 0 saturated carbocycles. The molecular formula is C14H13ClN2O4. The van der Waals surface area contributed by atoms with Crippen LogP contribution in [0, 0.1) is 0 Å². The third-order valence-electron chi connectivity index (χ3n) is 3.36. The number of carbonyl (C=O) groups excluding carboxylic acids is 1. The summed E-state index contributed by atoms with van der Waals surface area (Å²) in [6, 6.07) is 1.68. The molecule has 0 radical (unpaired) electrons. The van der Waals surface area contributed by atoms with Crippen molar-refractivity contribution < 1.29 is 14.3 Å². The Morgan fingerprint density at radius 2 is 2.38 bits per heavy atom. The Kier molecular flexibility index (Phi) is 3.65. The van der Waals surface area contributed by atoms with Gasteiger partial charge >= 0.3 is 5.97 Å². The minimum absolute atomic E-state index is 0.00104. The maximum absolute atomic E-state index is 12.6. The van der Waals surface area contributed by atoms with Crippen LogP contribution in [0.3, 0.4) is 0 Å². The molecule has 0 bridgehead atoms. The van der Waals surface area contributed by atoms with E-state index in [4.69, 9.17) is 21.1 Å². The number of fused-ring (bicyclic) bond motifs is 3. The fourth-order valence-corrected chi connectivity index (χ4v) is 2.64. The number of rotatable bonds is 2. The Bertz CT molecular complexity index is 785. The van der Waals surface area contributed by atoms with Crippen LogP contribution in [0.25, 0.3) is 11.0 Å². The van der Waals surface area contributed by atoms with Crippen LogP contribution in [0.15, 0.2) is 17.1 Å². The number of hydrogen-bond donors (Lipinski definition) is 0. The molecule has 1 aliphatic heterocycles. The van der Waals surface area contributed by atoms with Crippen LogP contribution in [0.5, 0.6) is 0 Å². The van der Waals surface area contributed by atoms with E-state index in [1.54, 1.807) is 13.0 Å². The summed E-state index contributed by atoms with van der Waals surface area (Å²) < 4.78 is 12.2. The van der Waals surface area contributed by atoms with Gasteiger partial charge in [-0.25, -0.2) is 9.78 Å². The quantitative estimate of drug-likeness (QED) is 0.791. The summed E-state index contributed by atoms with van der Waals surface area (Å²) >= 11 is 5.96. The zero-order valence-corrected chi connectivity index (χ0v) is 12.1. The molecule has 0 atom stereocenters. The van der Waals surface area contributed by atoms with E-state index in [1.165, 1.54) is 6.20 Å². The number of esters is 1. The molecule has 21 heavy (non-hydrogen) atoms. The van der Waals surface area contributed by atoms with Gasteiger partial charge in [0.15, 0.2) is 0 Å². The van der Waals surface area contributed by atoms with Crippen molar-refractivity contribution in [1.82, 2.24) is 9.55 Å². The molecule has 0 aromatic carbocycles. The fraction of sp³-hybridized carbons (Fsp3) is 0.357. The van der Waals surface area contributed by atoms with Gasteiger partial charge in [-0.3, -0.25) is 4.79 Å². The van der Waals surface area contributed by atoms with Crippen molar-refractivity contribution in [2.75, 3.05) is 13.2 Å². The van der Waals surface area contributed by atoms with E-state index in [-0.39, 0.29) is 24.3 Å². The van der Waals surface area contributed by atoms with Crippen molar-refractivity contribution in [1.29, 1.82) is 0 Å². The first-order valence-corrected chi connectivity index (χ1v) is 6.97. The number of nitrogens with zero attached hydrogens (tertiary/aromatic N) is 2. The maximum atomic E-state index is 12.6. The van der Waals surface area contributed by atoms with Gasteiger partial charge in [0.1, 0.15) is 11.1 Å². The van der Waals surface area contributed by atoms with Crippen LogP contribution in [-0.4, -0.2) is 28.7 Å². The zero-order valence-electron chi connectivity index (χ0n) is 11.4. The summed E-state index contributed by atoms with van der Waals surface area (Å²) in [5.74, 6) is -0.643. The molecule has 6 nitrogen and oxygen atoms in total. The molecule has 0 spiro atoms. The highest BCUT2D eigenvalue weighted by atomic mass is 35.5. The van der Waals surface area contributed by atoms with Crippen molar-refractivity contribution in [2.45, 2.75) is 20.1 Å². The molecule has 0 aliphatic carbocycles. The Hall–Kier alpha value is -1.92. The van der Waals surface area contributed by atoms with Gasteiger partial charge in [0.05, 0.1) is 36.1 Å². The number of aromatic nitrogens is 2. The van der Waals surface area contributed by atoms with Crippen molar-refractivity contribution in [3.63, 3.8) is 0 Å². The Labute approximate surface area is 125 Å². The highest BCUT2D eigenvalue weighted by Crippen LogP contribution is 2.22. The monoisotopic (exact) mass is 308 g/mol. The molecule has 0 fully saturated rings. The van der Waals surface area contributed by atoms with Gasteiger partial charge in [-0.2, -0.15) is 0 Å². The van der Waals surface area contributed by atoms with Gasteiger partial charge in [0.25, 0.3) is 0 Å². The van der Waals surface area contributed by atoms with Crippen LogP contribution in [0.4, 0.5) is 0 Å². The van der Waals surface area contributed by atoms with Gasteiger partial charge in [-0.15, -0.1) is 0 Å². The number of hydrogen-bond acceptors (Lipinski definition) is 5. The third kappa shape index (κ3) is 2.30. The molecule has 2 aromatic heterocycles. The minimum Gasteiger partial charge on any atom is -0.462 e. The largest absolute Gasteiger partial charge is 0.462 e. The summed E-state index contributed by atoms with van der Waals surface area (Å²) in [5.41, 5.74) is 0.893. The second-order valence-electron chi connectivity index (χ2n) is 4.60. The predicted molar refractivity (Wildman–Crippen MR) is 76.6 cm³/mol. The van der Waals surface area contributed by atoms with E-state index >= 15 is 0 Å². The lowest BCUT2D eigenvalue weighted by atomic mass is 10.1. The van der Waals surface area contributed by atoms with E-state index < -0.39 is 11.4 Å². The van der Waals surface area contributed by atoms with Crippen molar-refractivity contribution in [3.8, 4) is 0 Å². The number of pyridine rings is 2. The lowest BCUT2D eigenvalue weighted by molar-refractivity contribution is 0.0499. The molecule has 0 N–H and O–H groups in total. The Morgan fingerprint density at radius 3 is 3.14 bits per heavy atom. The Balaban J connectivity index is 2.38. The standard InChI is InChI=1S/C14H13ClN2O4/c1-2-21-14(19)11-10-7-20-4-3-17(10)9-5-8(15)6-16-12(9)13(11)18/h5-6H,2-4,7H2,1H3. The van der Waals surface area contributed by atoms with E-state index in [9.17, 15) is 9.59 Å². The Morgan fingerprint density at radius 1 is 1.57 bits per heavy atom. The molecular weight excluding hydrogens is 296 g/mol. The van der Waals surface area contributed by atoms with E-state index in [1.807, 2.05) is 4.57 Å². The van der Waals surface area contributed by atoms with E-state index in [0.29, 0.717) is 29.4 Å². The van der Waals surface area contributed by atoms with E-state index in [0.717, 1.165) is 0 Å². The maximum Gasteiger partial charge on any atom is 0.344 e. The van der Waals surface area contributed by atoms with Gasteiger partial charge in [0.2, 0.25) is 5.43 Å². The normalized spacial score (nSPS) is 14.0. The highest BCUT2D eigenvalue weighted by molar-refractivity contribution is 6.31. The number of ether oxygens (including phenoxy) is 2. The first kappa shape index (κ1) is 14.0. The molecule has 7 heteroatoms. The second-order valence-corrected chi connectivity index (χ2v) is 5.03. The summed E-state index contributed by atoms with van der Waals surface area (Å²) in [6.45, 7) is 3.11. The topological polar surface area (TPSA) is 70.4 Å². The lowest BCUT2D eigenvalue weighted by Crippen LogP contribution is -2.30. The summed E-state index contributed by atoms with van der Waals surface area (Å²) in [6.07, 6.45) is 1.40. The highest BCUT2D eigenvalue weighted by Gasteiger charge is 2.26. The van der Waals surface area contributed by atoms with Gasteiger partial charge in [-0.05, 0) is 13.0 Å². The molecule has 110 valence electrons. The second kappa shape index (κ2) is 5.46. The summed E-state index contributed by atoms with van der Waals surface area (Å²) in [4.78, 5) is 28.7. The van der Waals surface area contributed by atoms with E-state index in [2.05, 4.69) is 4.98 Å². The van der Waals surface area contributed by atoms with Crippen LogP contribution >= 0.6 is 11.6 Å². The van der Waals surface area contributed by atoms with Gasteiger partial charge in [0, 0.05) is 12.7 Å². The molecule has 1 aliphatic rings. The number of carbonyl (C=O) groups is 1. The molecule has 3 heterocycles. The average molecular weight is 309 g/mol. The smallest absolute Gasteiger partial charge is 0.344 e.